The normalized spacial score (nSPS) is 11.5. The Hall–Kier alpha value is -1.67. The van der Waals surface area contributed by atoms with E-state index in [2.05, 4.69) is 0 Å². The second kappa shape index (κ2) is 12.5. The van der Waals surface area contributed by atoms with E-state index in [1.807, 2.05) is 30.3 Å². The van der Waals surface area contributed by atoms with Gasteiger partial charge in [-0.15, -0.1) is 0 Å². The van der Waals surface area contributed by atoms with Crippen LogP contribution in [0.1, 0.15) is 15.9 Å². The SMILES string of the molecule is N=C(N)SCc1ccccc1.O=C(c1ccc(Cl)c(Cl)c1)C(CS(=O)(=O)O)CS(=O)(=O)O. The maximum atomic E-state index is 12.1. The molecule has 0 saturated carbocycles. The first-order valence-corrected chi connectivity index (χ1v) is 13.5. The number of hydrogen-bond acceptors (Lipinski definition) is 7. The Morgan fingerprint density at radius 1 is 0.969 bits per heavy atom. The first-order chi connectivity index (χ1) is 14.7. The number of nitrogens with one attached hydrogen (secondary N) is 1. The maximum Gasteiger partial charge on any atom is 0.265 e. The molecule has 2 aromatic rings. The van der Waals surface area contributed by atoms with Gasteiger partial charge in [-0.3, -0.25) is 19.3 Å². The van der Waals surface area contributed by atoms with Gasteiger partial charge < -0.3 is 5.73 Å². The summed E-state index contributed by atoms with van der Waals surface area (Å²) in [5, 5.41) is 7.32. The molecule has 0 saturated heterocycles. The Labute approximate surface area is 200 Å². The molecule has 0 aromatic heterocycles. The van der Waals surface area contributed by atoms with Gasteiger partial charge in [0.05, 0.1) is 27.5 Å². The lowest BCUT2D eigenvalue weighted by atomic mass is 10.0. The van der Waals surface area contributed by atoms with Crippen LogP contribution in [0, 0.1) is 11.3 Å². The zero-order valence-corrected chi connectivity index (χ0v) is 20.3. The average molecular weight is 543 g/mol. The Morgan fingerprint density at radius 3 is 1.94 bits per heavy atom. The number of benzene rings is 2. The summed E-state index contributed by atoms with van der Waals surface area (Å²) in [6, 6.07) is 13.6. The summed E-state index contributed by atoms with van der Waals surface area (Å²) in [6.07, 6.45) is 0. The number of nitrogens with two attached hydrogens (primary N) is 1. The van der Waals surface area contributed by atoms with E-state index in [0.717, 1.165) is 11.8 Å². The number of ketones is 1. The fourth-order valence-electron chi connectivity index (χ4n) is 2.33. The number of halogens is 2. The van der Waals surface area contributed by atoms with E-state index in [9.17, 15) is 21.6 Å². The first-order valence-electron chi connectivity index (χ1n) is 8.58. The van der Waals surface area contributed by atoms with E-state index < -0.39 is 43.4 Å². The molecule has 0 bridgehead atoms. The number of carbonyl (C=O) groups excluding carboxylic acids is 1. The molecule has 2 aromatic carbocycles. The van der Waals surface area contributed by atoms with E-state index in [1.54, 1.807) is 0 Å². The fourth-order valence-corrected chi connectivity index (χ4v) is 4.85. The lowest BCUT2D eigenvalue weighted by Gasteiger charge is -2.13. The molecule has 2 rings (SSSR count). The topological polar surface area (TPSA) is 176 Å². The average Bonchev–Trinajstić information content (AvgIpc) is 2.66. The van der Waals surface area contributed by atoms with E-state index in [0.29, 0.717) is 0 Å². The predicted octanol–water partition coefficient (Wildman–Crippen LogP) is 3.38. The van der Waals surface area contributed by atoms with Gasteiger partial charge in [0.25, 0.3) is 20.2 Å². The zero-order chi connectivity index (χ0) is 24.5. The van der Waals surface area contributed by atoms with Gasteiger partial charge in [0, 0.05) is 11.3 Å². The second-order valence-electron chi connectivity index (χ2n) is 6.33. The van der Waals surface area contributed by atoms with Gasteiger partial charge in [0.1, 0.15) is 0 Å². The molecule has 0 unspecified atom stereocenters. The van der Waals surface area contributed by atoms with Crippen LogP contribution in [0.5, 0.6) is 0 Å². The van der Waals surface area contributed by atoms with Crippen molar-refractivity contribution in [3.8, 4) is 0 Å². The van der Waals surface area contributed by atoms with Crippen molar-refractivity contribution in [2.75, 3.05) is 11.5 Å². The number of amidine groups is 1. The number of thioether (sulfide) groups is 1. The summed E-state index contributed by atoms with van der Waals surface area (Å²) < 4.78 is 61.0. The Balaban J connectivity index is 0.000000389. The molecule has 0 aliphatic rings. The molecular weight excluding hydrogens is 523 g/mol. The molecule has 5 N–H and O–H groups in total. The minimum Gasteiger partial charge on any atom is -0.379 e. The predicted molar refractivity (Wildman–Crippen MR) is 127 cm³/mol. The van der Waals surface area contributed by atoms with E-state index in [4.69, 9.17) is 43.5 Å². The van der Waals surface area contributed by atoms with Crippen LogP contribution in [-0.2, 0) is 26.0 Å². The lowest BCUT2D eigenvalue weighted by Crippen LogP contribution is -2.30. The summed E-state index contributed by atoms with van der Waals surface area (Å²) in [5.74, 6) is -4.09. The van der Waals surface area contributed by atoms with E-state index >= 15 is 0 Å². The third-order valence-electron chi connectivity index (χ3n) is 3.64. The third kappa shape index (κ3) is 11.8. The maximum absolute atomic E-state index is 12.1. The quantitative estimate of drug-likeness (QED) is 0.168. The van der Waals surface area contributed by atoms with Gasteiger partial charge in [-0.2, -0.15) is 16.8 Å². The monoisotopic (exact) mass is 542 g/mol. The number of Topliss-reactive ketones (excluding diaryl/α,β-unsaturated/α-hetero) is 1. The Morgan fingerprint density at radius 2 is 1.50 bits per heavy atom. The molecule has 14 heteroatoms. The molecule has 0 heterocycles. The highest BCUT2D eigenvalue weighted by Crippen LogP contribution is 2.24. The molecule has 0 fully saturated rings. The van der Waals surface area contributed by atoms with Gasteiger partial charge in [-0.1, -0.05) is 65.3 Å². The minimum atomic E-state index is -4.62. The molecular formula is C18H20Cl2N2O7S3. The first kappa shape index (κ1) is 28.4. The van der Waals surface area contributed by atoms with E-state index in [1.165, 1.54) is 29.5 Å². The van der Waals surface area contributed by atoms with Gasteiger partial charge >= 0.3 is 0 Å². The van der Waals surface area contributed by atoms with Crippen molar-refractivity contribution in [1.82, 2.24) is 0 Å². The number of rotatable bonds is 8. The van der Waals surface area contributed by atoms with Crippen LogP contribution in [-0.4, -0.2) is 48.4 Å². The van der Waals surface area contributed by atoms with Crippen molar-refractivity contribution in [3.63, 3.8) is 0 Å². The highest BCUT2D eigenvalue weighted by molar-refractivity contribution is 8.13. The van der Waals surface area contributed by atoms with Crippen LogP contribution in [0.25, 0.3) is 0 Å². The van der Waals surface area contributed by atoms with Crippen LogP contribution in [0.2, 0.25) is 10.0 Å². The zero-order valence-electron chi connectivity index (χ0n) is 16.3. The summed E-state index contributed by atoms with van der Waals surface area (Å²) >= 11 is 12.7. The van der Waals surface area contributed by atoms with Crippen molar-refractivity contribution < 1.29 is 30.7 Å². The van der Waals surface area contributed by atoms with Crippen molar-refractivity contribution in [1.29, 1.82) is 5.41 Å². The molecule has 0 amide bonds. The summed E-state index contributed by atoms with van der Waals surface area (Å²) in [6.45, 7) is 0. The summed E-state index contributed by atoms with van der Waals surface area (Å²) in [4.78, 5) is 12.1. The van der Waals surface area contributed by atoms with Crippen LogP contribution < -0.4 is 5.73 Å². The van der Waals surface area contributed by atoms with Gasteiger partial charge in [0.2, 0.25) is 0 Å². The van der Waals surface area contributed by atoms with Crippen molar-refractivity contribution in [3.05, 3.63) is 69.7 Å². The molecule has 0 spiro atoms. The highest BCUT2D eigenvalue weighted by atomic mass is 35.5. The van der Waals surface area contributed by atoms with Crippen molar-refractivity contribution >= 4 is 66.2 Å². The Bertz CT molecular complexity index is 1120. The molecule has 32 heavy (non-hydrogen) atoms. The van der Waals surface area contributed by atoms with Crippen LogP contribution in [0.15, 0.2) is 48.5 Å². The van der Waals surface area contributed by atoms with Gasteiger partial charge in [-0.05, 0) is 23.8 Å². The van der Waals surface area contributed by atoms with E-state index in [-0.39, 0.29) is 20.8 Å². The number of carbonyl (C=O) groups is 1. The lowest BCUT2D eigenvalue weighted by molar-refractivity contribution is 0.0939. The largest absolute Gasteiger partial charge is 0.379 e. The molecule has 0 aliphatic heterocycles. The fraction of sp³-hybridized carbons (Fsp3) is 0.222. The van der Waals surface area contributed by atoms with Gasteiger partial charge in [0.15, 0.2) is 11.0 Å². The van der Waals surface area contributed by atoms with Crippen molar-refractivity contribution in [2.45, 2.75) is 5.75 Å². The molecule has 9 nitrogen and oxygen atoms in total. The molecule has 0 radical (unpaired) electrons. The molecule has 0 atom stereocenters. The number of hydrogen-bond donors (Lipinski definition) is 4. The third-order valence-corrected chi connectivity index (χ3v) is 6.81. The van der Waals surface area contributed by atoms with Crippen LogP contribution in [0.4, 0.5) is 0 Å². The van der Waals surface area contributed by atoms with Crippen molar-refractivity contribution in [2.24, 2.45) is 11.7 Å². The van der Waals surface area contributed by atoms with Gasteiger partial charge in [-0.25, -0.2) is 0 Å². The molecule has 176 valence electrons. The Kier molecular flexibility index (Phi) is 11.1. The van der Waals surface area contributed by atoms with Crippen LogP contribution >= 0.6 is 35.0 Å². The summed E-state index contributed by atoms with van der Waals surface area (Å²) in [5.41, 5.74) is 6.29. The standard InChI is InChI=1S/C10H10Cl2O7S2.C8H10N2S/c11-8-2-1-6(3-9(8)12)10(13)7(4-20(14,15)16)5-21(17,18)19;9-8(10)11-6-7-4-2-1-3-5-7/h1-3,7H,4-5H2,(H,14,15,16)(H,17,18,19);1-5H,6H2,(H3,9,10). The second-order valence-corrected chi connectivity index (χ2v) is 11.2. The minimum absolute atomic E-state index is 0.0139. The molecule has 0 aliphatic carbocycles. The smallest absolute Gasteiger partial charge is 0.265 e. The van der Waals surface area contributed by atoms with Crippen LogP contribution in [0.3, 0.4) is 0 Å². The highest BCUT2D eigenvalue weighted by Gasteiger charge is 2.30. The summed E-state index contributed by atoms with van der Waals surface area (Å²) in [7, 11) is -9.24.